The number of thiocarbonyl (C=S) groups is 1. The fourth-order valence-electron chi connectivity index (χ4n) is 7.18. The molecule has 0 spiro atoms. The van der Waals surface area contributed by atoms with E-state index in [0.717, 1.165) is 24.0 Å². The Balaban J connectivity index is 1.20. The van der Waals surface area contributed by atoms with Crippen LogP contribution in [0, 0.1) is 11.8 Å². The third-order valence-corrected chi connectivity index (χ3v) is 10.8. The number of hydrogen-bond donors (Lipinski definition) is 1. The molecule has 1 aromatic heterocycles. The van der Waals surface area contributed by atoms with E-state index in [1.807, 2.05) is 29.2 Å². The van der Waals surface area contributed by atoms with Crippen molar-refractivity contribution < 1.29 is 37.7 Å². The highest BCUT2D eigenvalue weighted by atomic mass is 32.2. The van der Waals surface area contributed by atoms with Gasteiger partial charge in [0.1, 0.15) is 32.9 Å². The van der Waals surface area contributed by atoms with Gasteiger partial charge in [0.15, 0.2) is 6.04 Å². The maximum absolute atomic E-state index is 13.8. The molecule has 12 heteroatoms. The molecule has 3 aliphatic rings. The van der Waals surface area contributed by atoms with E-state index >= 15 is 0 Å². The number of methoxy groups -OCH3 is 2. The normalized spacial score (nSPS) is 21.2. The molecule has 4 atom stereocenters. The molecule has 2 heterocycles. The van der Waals surface area contributed by atoms with Crippen molar-refractivity contribution in [1.82, 2.24) is 10.2 Å². The van der Waals surface area contributed by atoms with Gasteiger partial charge in [-0.05, 0) is 94.0 Å². The van der Waals surface area contributed by atoms with Gasteiger partial charge in [0.05, 0.1) is 31.3 Å². The van der Waals surface area contributed by atoms with Crippen molar-refractivity contribution in [2.45, 2.75) is 77.0 Å². The average Bonchev–Trinajstić information content (AvgIpc) is 3.89. The molecule has 51 heavy (non-hydrogen) atoms. The molecule has 2 amide bonds. The van der Waals surface area contributed by atoms with Gasteiger partial charge in [-0.2, -0.15) is 0 Å². The number of fused-ring (bicyclic) bond motifs is 2. The number of nitrogens with zero attached hydrogens (tertiary/aromatic N) is 1. The number of hydrogen-bond acceptors (Lipinski definition) is 10. The fourth-order valence-corrected chi connectivity index (χ4v) is 8.52. The third-order valence-electron chi connectivity index (χ3n) is 9.50. The highest BCUT2D eigenvalue weighted by Gasteiger charge is 2.48. The first-order valence-corrected chi connectivity index (χ1v) is 18.5. The minimum atomic E-state index is -1.04. The van der Waals surface area contributed by atoms with Crippen molar-refractivity contribution in [3.8, 4) is 22.8 Å². The number of ether oxygens (including phenoxy) is 4. The molecule has 270 valence electrons. The standard InChI is InChI=1S/C39H44N2O8S2/c1-39(2,3)49-37(44)40-34(24-10-7-6-8-11-24)36(43)47-17-9-12-26-20-32(28-16-15-27(45-4)21-31(28)46-5)48-30(26)22-33-35(42)41(38(50)51-33)29-19-23-13-14-25(29)18-23/h6-8,10-11,15-16,20-23,25,29,34H,9,12-14,17-19H2,1-5H3,(H,40,44)/b33-22-/t23-,25-,29-,34-/m0/s1. The minimum Gasteiger partial charge on any atom is -0.497 e. The van der Waals surface area contributed by atoms with Crippen molar-refractivity contribution in [2.75, 3.05) is 20.8 Å². The molecule has 1 saturated heterocycles. The molecule has 0 unspecified atom stereocenters. The number of benzene rings is 2. The summed E-state index contributed by atoms with van der Waals surface area (Å²) in [5.41, 5.74) is 1.39. The Morgan fingerprint density at radius 1 is 1.08 bits per heavy atom. The van der Waals surface area contributed by atoms with Crippen LogP contribution in [-0.2, 0) is 25.5 Å². The summed E-state index contributed by atoms with van der Waals surface area (Å²) in [6.07, 6.45) is 6.55. The number of amides is 2. The second-order valence-electron chi connectivity index (χ2n) is 14.1. The molecule has 3 fully saturated rings. The molecule has 3 aromatic rings. The van der Waals surface area contributed by atoms with Crippen molar-refractivity contribution in [1.29, 1.82) is 0 Å². The number of aryl methyl sites for hydroxylation is 1. The topological polar surface area (TPSA) is 117 Å². The molecular weight excluding hydrogens is 689 g/mol. The number of esters is 1. The van der Waals surface area contributed by atoms with E-state index < -0.39 is 23.7 Å². The fraction of sp³-hybridized carbons (Fsp3) is 0.436. The van der Waals surface area contributed by atoms with Crippen molar-refractivity contribution in [3.63, 3.8) is 0 Å². The lowest BCUT2D eigenvalue weighted by Gasteiger charge is -2.30. The van der Waals surface area contributed by atoms with Crippen LogP contribution in [0.2, 0.25) is 0 Å². The largest absolute Gasteiger partial charge is 0.497 e. The maximum atomic E-state index is 13.8. The average molecular weight is 733 g/mol. The van der Waals surface area contributed by atoms with Gasteiger partial charge in [-0.3, -0.25) is 9.69 Å². The van der Waals surface area contributed by atoms with E-state index in [1.54, 1.807) is 71.4 Å². The van der Waals surface area contributed by atoms with Gasteiger partial charge in [-0.1, -0.05) is 60.7 Å². The molecular formula is C39H44N2O8S2. The molecule has 1 aliphatic heterocycles. The summed E-state index contributed by atoms with van der Waals surface area (Å²) in [7, 11) is 3.17. The van der Waals surface area contributed by atoms with Crippen LogP contribution in [0.1, 0.15) is 75.8 Å². The van der Waals surface area contributed by atoms with Gasteiger partial charge in [-0.15, -0.1) is 0 Å². The Hall–Kier alpha value is -4.29. The summed E-state index contributed by atoms with van der Waals surface area (Å²) >= 11 is 7.05. The lowest BCUT2D eigenvalue weighted by molar-refractivity contribution is -0.146. The maximum Gasteiger partial charge on any atom is 0.408 e. The van der Waals surface area contributed by atoms with Gasteiger partial charge in [0, 0.05) is 18.2 Å². The summed E-state index contributed by atoms with van der Waals surface area (Å²) in [6.45, 7) is 5.34. The molecule has 1 N–H and O–H groups in total. The highest BCUT2D eigenvalue weighted by molar-refractivity contribution is 8.26. The van der Waals surface area contributed by atoms with Gasteiger partial charge in [-0.25, -0.2) is 9.59 Å². The Labute approximate surface area is 308 Å². The van der Waals surface area contributed by atoms with Crippen molar-refractivity contribution in [2.24, 2.45) is 11.8 Å². The summed E-state index contributed by atoms with van der Waals surface area (Å²) in [6, 6.07) is 15.4. The van der Waals surface area contributed by atoms with Crippen LogP contribution in [0.5, 0.6) is 11.5 Å². The Kier molecular flexibility index (Phi) is 11.1. The van der Waals surface area contributed by atoms with Crippen LogP contribution in [0.4, 0.5) is 4.79 Å². The summed E-state index contributed by atoms with van der Waals surface area (Å²) in [5, 5.41) is 2.65. The van der Waals surface area contributed by atoms with Gasteiger partial charge in [0.2, 0.25) is 0 Å². The van der Waals surface area contributed by atoms with E-state index in [-0.39, 0.29) is 18.6 Å². The lowest BCUT2D eigenvalue weighted by Crippen LogP contribution is -2.41. The quantitative estimate of drug-likeness (QED) is 0.0848. The number of carbonyl (C=O) groups is 3. The number of furan rings is 1. The molecule has 0 radical (unpaired) electrons. The number of nitrogens with one attached hydrogen (secondary N) is 1. The highest BCUT2D eigenvalue weighted by Crippen LogP contribution is 2.49. The molecule has 2 bridgehead atoms. The van der Waals surface area contributed by atoms with E-state index in [0.29, 0.717) is 62.5 Å². The first-order chi connectivity index (χ1) is 24.4. The first-order valence-electron chi connectivity index (χ1n) is 17.3. The zero-order valence-electron chi connectivity index (χ0n) is 29.6. The van der Waals surface area contributed by atoms with Crippen LogP contribution >= 0.6 is 24.0 Å². The second-order valence-corrected chi connectivity index (χ2v) is 15.8. The SMILES string of the molecule is COc1ccc(-c2cc(CCCOC(=O)[C@@H](NC(=O)OC(C)(C)C)c3ccccc3)c(/C=C3\SC(=S)N([C@H]4C[C@H]5CC[C@H]4C5)C3=O)o2)c(OC)c1. The van der Waals surface area contributed by atoms with Gasteiger partial charge >= 0.3 is 12.1 Å². The summed E-state index contributed by atoms with van der Waals surface area (Å²) in [4.78, 5) is 42.1. The molecule has 10 nitrogen and oxygen atoms in total. The summed E-state index contributed by atoms with van der Waals surface area (Å²) in [5.74, 6) is 2.80. The van der Waals surface area contributed by atoms with E-state index in [9.17, 15) is 14.4 Å². The summed E-state index contributed by atoms with van der Waals surface area (Å²) < 4.78 is 29.2. The Morgan fingerprint density at radius 3 is 2.53 bits per heavy atom. The Morgan fingerprint density at radius 2 is 1.86 bits per heavy atom. The number of carbonyl (C=O) groups excluding carboxylic acids is 3. The number of thioether (sulfide) groups is 1. The molecule has 6 rings (SSSR count). The Bertz CT molecular complexity index is 1810. The first kappa shape index (κ1) is 36.5. The minimum absolute atomic E-state index is 0.0770. The number of alkyl carbamates (subject to hydrolysis) is 1. The van der Waals surface area contributed by atoms with E-state index in [1.165, 1.54) is 24.6 Å². The smallest absolute Gasteiger partial charge is 0.408 e. The van der Waals surface area contributed by atoms with Gasteiger partial charge in [0.25, 0.3) is 5.91 Å². The second kappa shape index (κ2) is 15.5. The van der Waals surface area contributed by atoms with Crippen LogP contribution in [0.15, 0.2) is 63.9 Å². The van der Waals surface area contributed by atoms with Crippen molar-refractivity contribution >= 4 is 52.3 Å². The third kappa shape index (κ3) is 8.44. The predicted molar refractivity (Wildman–Crippen MR) is 199 cm³/mol. The van der Waals surface area contributed by atoms with Crippen LogP contribution < -0.4 is 14.8 Å². The number of rotatable bonds is 12. The predicted octanol–water partition coefficient (Wildman–Crippen LogP) is 8.10. The van der Waals surface area contributed by atoms with Crippen LogP contribution in [-0.4, -0.2) is 59.7 Å². The van der Waals surface area contributed by atoms with E-state index in [4.69, 9.17) is 35.6 Å². The van der Waals surface area contributed by atoms with Crippen molar-refractivity contribution in [3.05, 3.63) is 76.4 Å². The molecule has 2 saturated carbocycles. The van der Waals surface area contributed by atoms with Crippen LogP contribution in [0.25, 0.3) is 17.4 Å². The molecule has 2 aromatic carbocycles. The van der Waals surface area contributed by atoms with Crippen LogP contribution in [0.3, 0.4) is 0 Å². The zero-order valence-corrected chi connectivity index (χ0v) is 31.2. The van der Waals surface area contributed by atoms with Gasteiger partial charge < -0.3 is 28.7 Å². The molecule has 2 aliphatic carbocycles. The zero-order chi connectivity index (χ0) is 36.3. The van der Waals surface area contributed by atoms with E-state index in [2.05, 4.69) is 5.32 Å². The monoisotopic (exact) mass is 732 g/mol. The lowest BCUT2D eigenvalue weighted by atomic mass is 9.94.